The number of rotatable bonds is 3. The lowest BCUT2D eigenvalue weighted by molar-refractivity contribution is 0.524. The average Bonchev–Trinajstić information content (AvgIpc) is 2.33. The van der Waals surface area contributed by atoms with Crippen molar-refractivity contribution in [3.05, 3.63) is 69.4 Å². The van der Waals surface area contributed by atoms with Gasteiger partial charge in [0.2, 0.25) is 0 Å². The van der Waals surface area contributed by atoms with Gasteiger partial charge in [0.05, 0.1) is 4.47 Å². The molecule has 1 unspecified atom stereocenters. The van der Waals surface area contributed by atoms with Crippen molar-refractivity contribution in [1.82, 2.24) is 0 Å². The summed E-state index contributed by atoms with van der Waals surface area (Å²) < 4.78 is 40.5. The first-order valence-corrected chi connectivity index (χ1v) is 6.41. The van der Waals surface area contributed by atoms with Gasteiger partial charge in [0.25, 0.3) is 0 Å². The van der Waals surface area contributed by atoms with Crippen molar-refractivity contribution in [2.45, 2.75) is 12.5 Å². The molecule has 2 rings (SSSR count). The van der Waals surface area contributed by atoms with Gasteiger partial charge in [-0.15, -0.1) is 0 Å². The molecule has 2 aromatic rings. The zero-order valence-electron chi connectivity index (χ0n) is 9.84. The van der Waals surface area contributed by atoms with Crippen LogP contribution in [0.2, 0.25) is 0 Å². The minimum absolute atomic E-state index is 0.150. The maximum absolute atomic E-state index is 13.6. The first kappa shape index (κ1) is 14.1. The summed E-state index contributed by atoms with van der Waals surface area (Å²) in [6.07, 6.45) is 0.219. The van der Waals surface area contributed by atoms with Crippen molar-refractivity contribution in [3.63, 3.8) is 0 Å². The maximum Gasteiger partial charge on any atom is 0.137 e. The molecule has 1 atom stereocenters. The van der Waals surface area contributed by atoms with Gasteiger partial charge in [-0.25, -0.2) is 13.2 Å². The Bertz CT molecular complexity index is 581. The van der Waals surface area contributed by atoms with E-state index in [2.05, 4.69) is 15.9 Å². The minimum atomic E-state index is -0.821. The van der Waals surface area contributed by atoms with Gasteiger partial charge < -0.3 is 5.73 Å². The van der Waals surface area contributed by atoms with Crippen LogP contribution in [0.15, 0.2) is 40.9 Å². The third-order valence-electron chi connectivity index (χ3n) is 2.81. The molecule has 0 aromatic heterocycles. The Morgan fingerprint density at radius 1 is 1.00 bits per heavy atom. The SMILES string of the molecule is NC(Cc1ccc(F)c(Br)c1)c1c(F)cccc1F. The molecule has 19 heavy (non-hydrogen) atoms. The highest BCUT2D eigenvalue weighted by Crippen LogP contribution is 2.24. The number of hydrogen-bond acceptors (Lipinski definition) is 1. The highest BCUT2D eigenvalue weighted by molar-refractivity contribution is 9.10. The second-order valence-electron chi connectivity index (χ2n) is 4.19. The first-order chi connectivity index (χ1) is 8.99. The molecule has 0 aliphatic heterocycles. The predicted molar refractivity (Wildman–Crippen MR) is 71.1 cm³/mol. The number of hydrogen-bond donors (Lipinski definition) is 1. The van der Waals surface area contributed by atoms with Gasteiger partial charge in [0.1, 0.15) is 17.5 Å². The minimum Gasteiger partial charge on any atom is -0.323 e. The van der Waals surface area contributed by atoms with Crippen molar-refractivity contribution < 1.29 is 13.2 Å². The van der Waals surface area contributed by atoms with E-state index < -0.39 is 23.5 Å². The van der Waals surface area contributed by atoms with Gasteiger partial charge in [-0.3, -0.25) is 0 Å². The molecule has 0 bridgehead atoms. The van der Waals surface area contributed by atoms with Gasteiger partial charge in [-0.05, 0) is 52.2 Å². The highest BCUT2D eigenvalue weighted by Gasteiger charge is 2.17. The van der Waals surface area contributed by atoms with Crippen molar-refractivity contribution in [3.8, 4) is 0 Å². The summed E-state index contributed by atoms with van der Waals surface area (Å²) in [6, 6.07) is 7.17. The van der Waals surface area contributed by atoms with E-state index in [1.807, 2.05) is 0 Å². The standard InChI is InChI=1S/C14H11BrF3N/c15-9-6-8(4-5-10(9)16)7-13(19)14-11(17)2-1-3-12(14)18/h1-6,13H,7,19H2. The Morgan fingerprint density at radius 2 is 1.63 bits per heavy atom. The molecule has 1 nitrogen and oxygen atoms in total. The van der Waals surface area contributed by atoms with Gasteiger partial charge >= 0.3 is 0 Å². The molecule has 0 saturated heterocycles. The number of benzene rings is 2. The lowest BCUT2D eigenvalue weighted by Crippen LogP contribution is -2.17. The first-order valence-electron chi connectivity index (χ1n) is 5.62. The Morgan fingerprint density at radius 3 is 2.21 bits per heavy atom. The summed E-state index contributed by atoms with van der Waals surface area (Å²) in [5.41, 5.74) is 6.38. The van der Waals surface area contributed by atoms with E-state index in [1.54, 1.807) is 12.1 Å². The molecule has 0 amide bonds. The largest absolute Gasteiger partial charge is 0.323 e. The van der Waals surface area contributed by atoms with Crippen LogP contribution in [0.3, 0.4) is 0 Å². The van der Waals surface area contributed by atoms with Crippen molar-refractivity contribution in [2.24, 2.45) is 5.73 Å². The average molecular weight is 330 g/mol. The lowest BCUT2D eigenvalue weighted by Gasteiger charge is -2.14. The van der Waals surface area contributed by atoms with Crippen LogP contribution in [-0.2, 0) is 6.42 Å². The molecule has 2 N–H and O–H groups in total. The van der Waals surface area contributed by atoms with Crippen molar-refractivity contribution in [2.75, 3.05) is 0 Å². The molecule has 100 valence electrons. The van der Waals surface area contributed by atoms with Crippen molar-refractivity contribution >= 4 is 15.9 Å². The van der Waals surface area contributed by atoms with Gasteiger partial charge in [-0.2, -0.15) is 0 Å². The normalized spacial score (nSPS) is 12.5. The molecule has 0 aliphatic rings. The Balaban J connectivity index is 2.25. The third kappa shape index (κ3) is 3.16. The van der Waals surface area contributed by atoms with E-state index in [0.29, 0.717) is 10.0 Å². The van der Waals surface area contributed by atoms with E-state index in [-0.39, 0.29) is 12.0 Å². The molecule has 2 aromatic carbocycles. The molecule has 0 radical (unpaired) electrons. The molecule has 0 aliphatic carbocycles. The zero-order chi connectivity index (χ0) is 14.0. The molecular weight excluding hydrogens is 319 g/mol. The van der Waals surface area contributed by atoms with E-state index in [9.17, 15) is 13.2 Å². The zero-order valence-corrected chi connectivity index (χ0v) is 11.4. The Hall–Kier alpha value is -1.33. The molecule has 0 heterocycles. The van der Waals surface area contributed by atoms with Crippen LogP contribution in [0, 0.1) is 17.5 Å². The fourth-order valence-electron chi connectivity index (χ4n) is 1.89. The van der Waals surface area contributed by atoms with E-state index in [4.69, 9.17) is 5.73 Å². The van der Waals surface area contributed by atoms with Crippen LogP contribution in [0.1, 0.15) is 17.2 Å². The molecule has 0 fully saturated rings. The molecule has 5 heteroatoms. The van der Waals surface area contributed by atoms with E-state index >= 15 is 0 Å². The van der Waals surface area contributed by atoms with Crippen molar-refractivity contribution in [1.29, 1.82) is 0 Å². The van der Waals surface area contributed by atoms with Crippen LogP contribution in [0.4, 0.5) is 13.2 Å². The smallest absolute Gasteiger partial charge is 0.137 e. The summed E-state index contributed by atoms with van der Waals surface area (Å²) >= 11 is 3.06. The lowest BCUT2D eigenvalue weighted by atomic mass is 9.99. The summed E-state index contributed by atoms with van der Waals surface area (Å²) in [5, 5.41) is 0. The molecule has 0 saturated carbocycles. The highest BCUT2D eigenvalue weighted by atomic mass is 79.9. The monoisotopic (exact) mass is 329 g/mol. The molecular formula is C14H11BrF3N. The summed E-state index contributed by atoms with van der Waals surface area (Å²) in [6.45, 7) is 0. The summed E-state index contributed by atoms with van der Waals surface area (Å²) in [7, 11) is 0. The maximum atomic E-state index is 13.6. The number of halogens is 4. The topological polar surface area (TPSA) is 26.0 Å². The third-order valence-corrected chi connectivity index (χ3v) is 3.42. The fraction of sp³-hybridized carbons (Fsp3) is 0.143. The summed E-state index contributed by atoms with van der Waals surface area (Å²) in [4.78, 5) is 0. The second-order valence-corrected chi connectivity index (χ2v) is 5.05. The van der Waals surface area contributed by atoms with E-state index in [0.717, 1.165) is 0 Å². The van der Waals surface area contributed by atoms with Crippen LogP contribution >= 0.6 is 15.9 Å². The predicted octanol–water partition coefficient (Wildman–Crippen LogP) is 4.11. The van der Waals surface area contributed by atoms with Crippen LogP contribution < -0.4 is 5.73 Å². The van der Waals surface area contributed by atoms with E-state index in [1.165, 1.54) is 24.3 Å². The molecule has 0 spiro atoms. The van der Waals surface area contributed by atoms with Gasteiger partial charge in [0.15, 0.2) is 0 Å². The Kier molecular flexibility index (Phi) is 4.27. The Labute approximate surface area is 117 Å². The van der Waals surface area contributed by atoms with Crippen LogP contribution in [0.25, 0.3) is 0 Å². The van der Waals surface area contributed by atoms with Crippen LogP contribution in [-0.4, -0.2) is 0 Å². The summed E-state index contributed by atoms with van der Waals surface area (Å²) in [5.74, 6) is -1.74. The van der Waals surface area contributed by atoms with Gasteiger partial charge in [-0.1, -0.05) is 12.1 Å². The second kappa shape index (κ2) is 5.75. The number of nitrogens with two attached hydrogens (primary N) is 1. The quantitative estimate of drug-likeness (QED) is 0.901. The van der Waals surface area contributed by atoms with Gasteiger partial charge in [0, 0.05) is 11.6 Å². The fourth-order valence-corrected chi connectivity index (χ4v) is 2.31. The van der Waals surface area contributed by atoms with Crippen LogP contribution in [0.5, 0.6) is 0 Å².